The summed E-state index contributed by atoms with van der Waals surface area (Å²) in [4.78, 5) is 10.5. The van der Waals surface area contributed by atoms with Crippen molar-refractivity contribution >= 4 is 5.91 Å². The van der Waals surface area contributed by atoms with Crippen molar-refractivity contribution in [2.75, 3.05) is 19.6 Å². The predicted molar refractivity (Wildman–Crippen MR) is 55.7 cm³/mol. The van der Waals surface area contributed by atoms with Crippen LogP contribution in [0.5, 0.6) is 0 Å². The van der Waals surface area contributed by atoms with Crippen LogP contribution in [0.15, 0.2) is 0 Å². The molecule has 0 spiro atoms. The zero-order valence-corrected chi connectivity index (χ0v) is 8.86. The molecule has 3 heteroatoms. The van der Waals surface area contributed by atoms with Gasteiger partial charge in [0.05, 0.1) is 0 Å². The van der Waals surface area contributed by atoms with Gasteiger partial charge in [-0.15, -0.1) is 0 Å². The van der Waals surface area contributed by atoms with E-state index in [9.17, 15) is 4.79 Å². The zero-order chi connectivity index (χ0) is 9.94. The molecule has 0 rings (SSSR count). The fourth-order valence-corrected chi connectivity index (χ4v) is 1.13. The molecular formula is C10H22N2O. The van der Waals surface area contributed by atoms with Crippen molar-refractivity contribution in [2.45, 2.75) is 39.5 Å². The van der Waals surface area contributed by atoms with Crippen molar-refractivity contribution in [3.63, 3.8) is 0 Å². The number of unbranched alkanes of at least 4 members (excludes halogenated alkanes) is 3. The lowest BCUT2D eigenvalue weighted by Gasteiger charge is -2.04. The Balaban J connectivity index is 2.87. The molecule has 0 aromatic heterocycles. The number of nitrogens with one attached hydrogen (secondary N) is 2. The summed E-state index contributed by atoms with van der Waals surface area (Å²) in [6.45, 7) is 6.44. The lowest BCUT2D eigenvalue weighted by Crippen LogP contribution is -2.30. The normalized spacial score (nSPS) is 10.0. The maximum atomic E-state index is 10.5. The topological polar surface area (TPSA) is 41.1 Å². The van der Waals surface area contributed by atoms with Crippen molar-refractivity contribution < 1.29 is 4.79 Å². The highest BCUT2D eigenvalue weighted by molar-refractivity contribution is 5.72. The molecule has 1 amide bonds. The summed E-state index contributed by atoms with van der Waals surface area (Å²) in [5, 5.41) is 6.03. The van der Waals surface area contributed by atoms with E-state index in [4.69, 9.17) is 0 Å². The average molecular weight is 186 g/mol. The molecule has 0 heterocycles. The number of amides is 1. The van der Waals surface area contributed by atoms with E-state index in [1.54, 1.807) is 6.92 Å². The summed E-state index contributed by atoms with van der Waals surface area (Å²) in [6, 6.07) is 0. The third-order valence-electron chi connectivity index (χ3n) is 1.88. The largest absolute Gasteiger partial charge is 0.355 e. The molecule has 0 aromatic carbocycles. The van der Waals surface area contributed by atoms with Crippen LogP contribution < -0.4 is 10.6 Å². The van der Waals surface area contributed by atoms with Crippen molar-refractivity contribution in [2.24, 2.45) is 0 Å². The molecule has 3 nitrogen and oxygen atoms in total. The first kappa shape index (κ1) is 12.4. The van der Waals surface area contributed by atoms with Crippen LogP contribution in [0.3, 0.4) is 0 Å². The van der Waals surface area contributed by atoms with Gasteiger partial charge in [0.15, 0.2) is 0 Å². The van der Waals surface area contributed by atoms with Crippen LogP contribution >= 0.6 is 0 Å². The van der Waals surface area contributed by atoms with Crippen molar-refractivity contribution in [3.8, 4) is 0 Å². The van der Waals surface area contributed by atoms with Crippen LogP contribution in [0.2, 0.25) is 0 Å². The molecule has 0 aromatic rings. The van der Waals surface area contributed by atoms with Gasteiger partial charge in [-0.3, -0.25) is 4.79 Å². The molecule has 0 unspecified atom stereocenters. The van der Waals surface area contributed by atoms with Crippen LogP contribution in [0.4, 0.5) is 0 Å². The Hall–Kier alpha value is -0.570. The second-order valence-electron chi connectivity index (χ2n) is 3.29. The first-order valence-electron chi connectivity index (χ1n) is 5.22. The monoisotopic (exact) mass is 186 g/mol. The molecule has 0 aliphatic heterocycles. The highest BCUT2D eigenvalue weighted by Gasteiger charge is 1.90. The molecular weight excluding hydrogens is 164 g/mol. The number of hydrogen-bond acceptors (Lipinski definition) is 2. The van der Waals surface area contributed by atoms with Crippen LogP contribution in [-0.4, -0.2) is 25.5 Å². The van der Waals surface area contributed by atoms with Crippen molar-refractivity contribution in [1.29, 1.82) is 0 Å². The van der Waals surface area contributed by atoms with Crippen LogP contribution in [0.25, 0.3) is 0 Å². The van der Waals surface area contributed by atoms with E-state index in [1.165, 1.54) is 25.7 Å². The highest BCUT2D eigenvalue weighted by Crippen LogP contribution is 1.96. The molecule has 0 bridgehead atoms. The molecule has 0 aliphatic rings. The smallest absolute Gasteiger partial charge is 0.216 e. The van der Waals surface area contributed by atoms with Crippen LogP contribution in [-0.2, 0) is 4.79 Å². The highest BCUT2D eigenvalue weighted by atomic mass is 16.1. The maximum absolute atomic E-state index is 10.5. The molecule has 78 valence electrons. The maximum Gasteiger partial charge on any atom is 0.216 e. The molecule has 0 aliphatic carbocycles. The van der Waals surface area contributed by atoms with Gasteiger partial charge >= 0.3 is 0 Å². The van der Waals surface area contributed by atoms with E-state index in [-0.39, 0.29) is 5.91 Å². The fourth-order valence-electron chi connectivity index (χ4n) is 1.13. The van der Waals surface area contributed by atoms with Crippen LogP contribution in [0, 0.1) is 0 Å². The summed E-state index contributed by atoms with van der Waals surface area (Å²) in [5.41, 5.74) is 0. The molecule has 0 saturated heterocycles. The third-order valence-corrected chi connectivity index (χ3v) is 1.88. The number of rotatable bonds is 8. The van der Waals surface area contributed by atoms with E-state index in [2.05, 4.69) is 17.6 Å². The Labute approximate surface area is 81.3 Å². The average Bonchev–Trinajstić information content (AvgIpc) is 2.09. The molecule has 0 atom stereocenters. The van der Waals surface area contributed by atoms with Gasteiger partial charge in [0.25, 0.3) is 0 Å². The van der Waals surface area contributed by atoms with E-state index in [0.717, 1.165) is 19.6 Å². The van der Waals surface area contributed by atoms with E-state index in [0.29, 0.717) is 0 Å². The molecule has 2 N–H and O–H groups in total. The molecule has 0 saturated carbocycles. The first-order valence-corrected chi connectivity index (χ1v) is 5.22. The van der Waals surface area contributed by atoms with Crippen molar-refractivity contribution in [1.82, 2.24) is 10.6 Å². The summed E-state index contributed by atoms with van der Waals surface area (Å²) in [6.07, 6.45) is 5.16. The Morgan fingerprint density at radius 1 is 1.08 bits per heavy atom. The Morgan fingerprint density at radius 3 is 2.46 bits per heavy atom. The first-order chi connectivity index (χ1) is 6.27. The zero-order valence-electron chi connectivity index (χ0n) is 8.86. The lowest BCUT2D eigenvalue weighted by molar-refractivity contribution is -0.118. The molecule has 13 heavy (non-hydrogen) atoms. The fraction of sp³-hybridized carbons (Fsp3) is 0.900. The third kappa shape index (κ3) is 11.4. The van der Waals surface area contributed by atoms with Gasteiger partial charge in [-0.2, -0.15) is 0 Å². The van der Waals surface area contributed by atoms with Crippen LogP contribution in [0.1, 0.15) is 39.5 Å². The van der Waals surface area contributed by atoms with Gasteiger partial charge < -0.3 is 10.6 Å². The minimum atomic E-state index is 0.0489. The van der Waals surface area contributed by atoms with E-state index < -0.39 is 0 Å². The van der Waals surface area contributed by atoms with Gasteiger partial charge in [0.1, 0.15) is 0 Å². The lowest BCUT2D eigenvalue weighted by atomic mass is 10.2. The Morgan fingerprint density at radius 2 is 1.85 bits per heavy atom. The van der Waals surface area contributed by atoms with Gasteiger partial charge in [-0.05, 0) is 13.0 Å². The van der Waals surface area contributed by atoms with Gasteiger partial charge in [0.2, 0.25) is 5.91 Å². The van der Waals surface area contributed by atoms with Gasteiger partial charge in [-0.25, -0.2) is 0 Å². The van der Waals surface area contributed by atoms with E-state index >= 15 is 0 Å². The number of hydrogen-bond donors (Lipinski definition) is 2. The van der Waals surface area contributed by atoms with Gasteiger partial charge in [-0.1, -0.05) is 26.2 Å². The SMILES string of the molecule is CCCCCCNCCNC(C)=O. The minimum Gasteiger partial charge on any atom is -0.355 e. The van der Waals surface area contributed by atoms with E-state index in [1.807, 2.05) is 0 Å². The summed E-state index contributed by atoms with van der Waals surface area (Å²) in [7, 11) is 0. The second kappa shape index (κ2) is 9.52. The summed E-state index contributed by atoms with van der Waals surface area (Å²) in [5.74, 6) is 0.0489. The molecule has 0 radical (unpaired) electrons. The second-order valence-corrected chi connectivity index (χ2v) is 3.29. The minimum absolute atomic E-state index is 0.0489. The number of carbonyl (C=O) groups is 1. The summed E-state index contributed by atoms with van der Waals surface area (Å²) >= 11 is 0. The summed E-state index contributed by atoms with van der Waals surface area (Å²) < 4.78 is 0. The Kier molecular flexibility index (Phi) is 9.10. The van der Waals surface area contributed by atoms with Gasteiger partial charge in [0, 0.05) is 20.0 Å². The molecule has 0 fully saturated rings. The standard InChI is InChI=1S/C10H22N2O/c1-3-4-5-6-7-11-8-9-12-10(2)13/h11H,3-9H2,1-2H3,(H,12,13). The quantitative estimate of drug-likeness (QED) is 0.561. The van der Waals surface area contributed by atoms with Crippen molar-refractivity contribution in [3.05, 3.63) is 0 Å². The Bertz CT molecular complexity index is 126. The predicted octanol–water partition coefficient (Wildman–Crippen LogP) is 1.29. The number of carbonyl (C=O) groups excluding carboxylic acids is 1.